The van der Waals surface area contributed by atoms with Gasteiger partial charge in [0.05, 0.1) is 11.3 Å². The number of likely N-dealkylation sites (tertiary alicyclic amines) is 1. The lowest BCUT2D eigenvalue weighted by molar-refractivity contribution is 0.0819. The first-order chi connectivity index (χ1) is 10.5. The third-order valence-electron chi connectivity index (χ3n) is 3.32. The summed E-state index contributed by atoms with van der Waals surface area (Å²) >= 11 is 3.33. The summed E-state index contributed by atoms with van der Waals surface area (Å²) in [6, 6.07) is 7.48. The van der Waals surface area contributed by atoms with Crippen LogP contribution in [0.2, 0.25) is 0 Å². The number of amides is 1. The number of hydrogen-bond acceptors (Lipinski definition) is 4. The molecule has 1 aliphatic heterocycles. The van der Waals surface area contributed by atoms with Gasteiger partial charge in [0, 0.05) is 30.4 Å². The topological polar surface area (TPSA) is 62.6 Å². The van der Waals surface area contributed by atoms with E-state index in [0.717, 1.165) is 4.47 Å². The van der Waals surface area contributed by atoms with E-state index in [9.17, 15) is 4.79 Å². The molecule has 1 fully saturated rings. The fourth-order valence-electron chi connectivity index (χ4n) is 2.24. The van der Waals surface area contributed by atoms with Crippen LogP contribution in [-0.2, 0) is 4.74 Å². The molecule has 1 aromatic carbocycles. The van der Waals surface area contributed by atoms with Crippen LogP contribution in [0.25, 0.3) is 0 Å². The van der Waals surface area contributed by atoms with Crippen LogP contribution in [0.5, 0.6) is 5.75 Å². The molecule has 1 saturated heterocycles. The largest absolute Gasteiger partial charge is 0.489 e. The van der Waals surface area contributed by atoms with Gasteiger partial charge < -0.3 is 14.4 Å². The highest BCUT2D eigenvalue weighted by atomic mass is 79.9. The lowest BCUT2D eigenvalue weighted by atomic mass is 10.1. The average molecular weight is 365 g/mol. The highest BCUT2D eigenvalue weighted by Gasteiger charge is 2.25. The van der Waals surface area contributed by atoms with Gasteiger partial charge in [-0.1, -0.05) is 22.5 Å². The summed E-state index contributed by atoms with van der Waals surface area (Å²) in [5.41, 5.74) is 0.499. The van der Waals surface area contributed by atoms with Gasteiger partial charge in [-0.15, -0.1) is 0 Å². The van der Waals surface area contributed by atoms with E-state index in [4.69, 9.17) is 14.7 Å². The van der Waals surface area contributed by atoms with E-state index in [1.165, 1.54) is 0 Å². The molecule has 1 aromatic rings. The van der Waals surface area contributed by atoms with Crippen LogP contribution in [0.1, 0.15) is 25.3 Å². The summed E-state index contributed by atoms with van der Waals surface area (Å²) in [6.07, 6.45) is 1.02. The van der Waals surface area contributed by atoms with Crippen LogP contribution in [0, 0.1) is 11.3 Å². The summed E-state index contributed by atoms with van der Waals surface area (Å²) in [6.45, 7) is 6.33. The van der Waals surface area contributed by atoms with Crippen molar-refractivity contribution in [1.82, 2.24) is 4.90 Å². The van der Waals surface area contributed by atoms with Crippen molar-refractivity contribution in [2.45, 2.75) is 25.9 Å². The molecule has 0 radical (unpaired) electrons. The van der Waals surface area contributed by atoms with Crippen LogP contribution in [-0.4, -0.2) is 30.2 Å². The monoisotopic (exact) mass is 364 g/mol. The van der Waals surface area contributed by atoms with E-state index in [1.807, 2.05) is 6.07 Å². The molecule has 2 rings (SSSR count). The first-order valence-corrected chi connectivity index (χ1v) is 7.77. The minimum Gasteiger partial charge on any atom is -0.489 e. The first-order valence-electron chi connectivity index (χ1n) is 6.98. The Kier molecular flexibility index (Phi) is 5.45. The quantitative estimate of drug-likeness (QED) is 0.764. The molecule has 0 spiro atoms. The fourth-order valence-corrected chi connectivity index (χ4v) is 2.60. The predicted molar refractivity (Wildman–Crippen MR) is 85.4 cm³/mol. The van der Waals surface area contributed by atoms with E-state index in [2.05, 4.69) is 28.6 Å². The molecule has 116 valence electrons. The average Bonchev–Trinajstić information content (AvgIpc) is 2.49. The Labute approximate surface area is 138 Å². The second kappa shape index (κ2) is 7.32. The van der Waals surface area contributed by atoms with Crippen molar-refractivity contribution in [3.63, 3.8) is 0 Å². The third-order valence-corrected chi connectivity index (χ3v) is 3.81. The minimum atomic E-state index is -0.368. The zero-order valence-corrected chi connectivity index (χ0v) is 13.9. The molecule has 0 atom stereocenters. The zero-order valence-electron chi connectivity index (χ0n) is 12.3. The van der Waals surface area contributed by atoms with Gasteiger partial charge >= 0.3 is 6.09 Å². The van der Waals surface area contributed by atoms with Gasteiger partial charge in [0.2, 0.25) is 0 Å². The molecular formula is C16H17BrN2O3. The molecule has 5 nitrogen and oxygen atoms in total. The maximum atomic E-state index is 11.8. The molecule has 0 bridgehead atoms. The van der Waals surface area contributed by atoms with Crippen molar-refractivity contribution in [2.75, 3.05) is 13.1 Å². The fraction of sp³-hybridized carbons (Fsp3) is 0.375. The van der Waals surface area contributed by atoms with Crippen molar-refractivity contribution in [3.8, 4) is 11.8 Å². The van der Waals surface area contributed by atoms with Crippen LogP contribution in [0.15, 0.2) is 35.0 Å². The Bertz CT molecular complexity index is 616. The van der Waals surface area contributed by atoms with Gasteiger partial charge in [-0.3, -0.25) is 0 Å². The van der Waals surface area contributed by atoms with Gasteiger partial charge in [-0.2, -0.15) is 5.26 Å². The smallest absolute Gasteiger partial charge is 0.414 e. The van der Waals surface area contributed by atoms with E-state index < -0.39 is 0 Å². The van der Waals surface area contributed by atoms with Gasteiger partial charge in [0.15, 0.2) is 0 Å². The molecule has 0 unspecified atom stereocenters. The van der Waals surface area contributed by atoms with Crippen LogP contribution in [0.4, 0.5) is 4.79 Å². The predicted octanol–water partition coefficient (Wildman–Crippen LogP) is 3.83. The van der Waals surface area contributed by atoms with Crippen molar-refractivity contribution in [3.05, 3.63) is 40.6 Å². The Morgan fingerprint density at radius 2 is 2.14 bits per heavy atom. The summed E-state index contributed by atoms with van der Waals surface area (Å²) in [5.74, 6) is 0.963. The summed E-state index contributed by atoms with van der Waals surface area (Å²) in [7, 11) is 0. The molecule has 0 saturated carbocycles. The Morgan fingerprint density at radius 1 is 1.45 bits per heavy atom. The number of nitrogens with zero attached hydrogens (tertiary/aromatic N) is 2. The molecule has 6 heteroatoms. The number of piperidine rings is 1. The van der Waals surface area contributed by atoms with Gasteiger partial charge in [-0.25, -0.2) is 4.79 Å². The minimum absolute atomic E-state index is 0.0119. The van der Waals surface area contributed by atoms with Gasteiger partial charge in [0.25, 0.3) is 0 Å². The van der Waals surface area contributed by atoms with Crippen LogP contribution < -0.4 is 4.74 Å². The van der Waals surface area contributed by atoms with Crippen LogP contribution in [0.3, 0.4) is 0 Å². The second-order valence-corrected chi connectivity index (χ2v) is 6.04. The van der Waals surface area contributed by atoms with Crippen molar-refractivity contribution >= 4 is 22.0 Å². The number of carbonyl (C=O) groups is 1. The second-order valence-electron chi connectivity index (χ2n) is 5.13. The van der Waals surface area contributed by atoms with Gasteiger partial charge in [-0.05, 0) is 25.1 Å². The number of nitriles is 1. The molecule has 0 N–H and O–H groups in total. The summed E-state index contributed by atoms with van der Waals surface area (Å²) in [4.78, 5) is 13.4. The highest BCUT2D eigenvalue weighted by Crippen LogP contribution is 2.26. The normalized spacial score (nSPS) is 15.0. The molecule has 0 aliphatic carbocycles. The lowest BCUT2D eigenvalue weighted by Gasteiger charge is -2.31. The maximum Gasteiger partial charge on any atom is 0.414 e. The lowest BCUT2D eigenvalue weighted by Crippen LogP contribution is -2.41. The third kappa shape index (κ3) is 4.25. The van der Waals surface area contributed by atoms with Crippen LogP contribution >= 0.6 is 15.9 Å². The number of ether oxygens (including phenoxy) is 2. The van der Waals surface area contributed by atoms with E-state index in [-0.39, 0.29) is 12.2 Å². The van der Waals surface area contributed by atoms with Gasteiger partial charge in [0.1, 0.15) is 17.9 Å². The molecule has 1 aliphatic rings. The van der Waals surface area contributed by atoms with Crippen molar-refractivity contribution < 1.29 is 14.3 Å². The number of benzene rings is 1. The van der Waals surface area contributed by atoms with E-state index >= 15 is 0 Å². The number of hydrogen-bond donors (Lipinski definition) is 0. The number of carbonyl (C=O) groups excluding carboxylic acids is 1. The Morgan fingerprint density at radius 3 is 2.73 bits per heavy atom. The van der Waals surface area contributed by atoms with Crippen molar-refractivity contribution in [1.29, 1.82) is 5.26 Å². The highest BCUT2D eigenvalue weighted by molar-refractivity contribution is 9.10. The van der Waals surface area contributed by atoms with E-state index in [0.29, 0.717) is 43.0 Å². The summed E-state index contributed by atoms with van der Waals surface area (Å²) in [5, 5.41) is 9.14. The zero-order chi connectivity index (χ0) is 16.1. The standard InChI is InChI=1S/C16H17BrN2O3/c1-11(2)21-16(20)19-7-5-14(6-8-19)22-15-4-3-13(17)9-12(15)10-18/h3-4,9,14H,1,5-8H2,2H3. The Balaban J connectivity index is 1.92. The molecular weight excluding hydrogens is 348 g/mol. The number of halogens is 1. The van der Waals surface area contributed by atoms with E-state index in [1.54, 1.807) is 24.0 Å². The molecule has 1 heterocycles. The molecule has 1 amide bonds. The summed E-state index contributed by atoms with van der Waals surface area (Å²) < 4.78 is 11.7. The Hall–Kier alpha value is -2.00. The first kappa shape index (κ1) is 16.4. The SMILES string of the molecule is C=C(C)OC(=O)N1CCC(Oc2ccc(Br)cc2C#N)CC1. The number of allylic oxidation sites excluding steroid dienone is 1. The molecule has 0 aromatic heterocycles. The number of rotatable bonds is 3. The maximum absolute atomic E-state index is 11.8. The van der Waals surface area contributed by atoms with Crippen molar-refractivity contribution in [2.24, 2.45) is 0 Å². The molecule has 22 heavy (non-hydrogen) atoms.